The second kappa shape index (κ2) is 4.52. The van der Waals surface area contributed by atoms with Gasteiger partial charge in [0.2, 0.25) is 0 Å². The number of nitrogens with zero attached hydrogens (tertiary/aromatic N) is 1. The number of thiophene rings is 1. The van der Waals surface area contributed by atoms with Crippen LogP contribution < -0.4 is 0 Å². The predicted octanol–water partition coefficient (Wildman–Crippen LogP) is 4.48. The number of hydrogen-bond acceptors (Lipinski definition) is 2. The number of aromatic nitrogens is 1. The Hall–Kier alpha value is -1.93. The van der Waals surface area contributed by atoms with E-state index in [0.717, 1.165) is 0 Å². The zero-order valence-corrected chi connectivity index (χ0v) is 10.0. The van der Waals surface area contributed by atoms with Crippen LogP contribution in [0.15, 0.2) is 67.0 Å². The normalized spacial score (nSPS) is 10.4. The van der Waals surface area contributed by atoms with Crippen molar-refractivity contribution in [2.24, 2.45) is 0 Å². The summed E-state index contributed by atoms with van der Waals surface area (Å²) in [6, 6.07) is 18.9. The van der Waals surface area contributed by atoms with Gasteiger partial charge >= 0.3 is 0 Å². The van der Waals surface area contributed by atoms with Crippen molar-refractivity contribution in [2.45, 2.75) is 0 Å². The Bertz CT molecular complexity index is 545. The third-order valence-electron chi connectivity index (χ3n) is 2.63. The van der Waals surface area contributed by atoms with Crippen molar-refractivity contribution in [3.8, 4) is 20.9 Å². The predicted molar refractivity (Wildman–Crippen MR) is 73.0 cm³/mol. The molecule has 3 rings (SSSR count). The Balaban J connectivity index is 1.99. The van der Waals surface area contributed by atoms with Gasteiger partial charge in [-0.05, 0) is 35.4 Å². The van der Waals surface area contributed by atoms with Crippen LogP contribution in [0, 0.1) is 0 Å². The van der Waals surface area contributed by atoms with Crippen LogP contribution in [0.25, 0.3) is 20.9 Å². The van der Waals surface area contributed by atoms with Crippen molar-refractivity contribution in [3.63, 3.8) is 0 Å². The van der Waals surface area contributed by atoms with Gasteiger partial charge in [0.15, 0.2) is 0 Å². The molecule has 0 aliphatic heterocycles. The summed E-state index contributed by atoms with van der Waals surface area (Å²) in [5.74, 6) is 0. The van der Waals surface area contributed by atoms with Gasteiger partial charge in [-0.15, -0.1) is 11.3 Å². The maximum absolute atomic E-state index is 4.04. The van der Waals surface area contributed by atoms with E-state index in [9.17, 15) is 0 Å². The van der Waals surface area contributed by atoms with E-state index in [1.54, 1.807) is 0 Å². The maximum Gasteiger partial charge on any atom is 0.0350 e. The van der Waals surface area contributed by atoms with E-state index >= 15 is 0 Å². The molecular formula is C15H11NS. The lowest BCUT2D eigenvalue weighted by atomic mass is 10.2. The number of rotatable bonds is 2. The van der Waals surface area contributed by atoms with Crippen LogP contribution in [0.5, 0.6) is 0 Å². The lowest BCUT2D eigenvalue weighted by Gasteiger charge is -1.96. The molecule has 0 amide bonds. The summed E-state index contributed by atoms with van der Waals surface area (Å²) in [5.41, 5.74) is 2.50. The smallest absolute Gasteiger partial charge is 0.0350 e. The molecule has 0 radical (unpaired) electrons. The summed E-state index contributed by atoms with van der Waals surface area (Å²) in [5, 5.41) is 0. The minimum atomic E-state index is 1.23. The molecule has 0 atom stereocenters. The van der Waals surface area contributed by atoms with Crippen molar-refractivity contribution >= 4 is 11.3 Å². The Morgan fingerprint density at radius 3 is 1.88 bits per heavy atom. The van der Waals surface area contributed by atoms with E-state index in [0.29, 0.717) is 0 Å². The molecule has 3 aromatic rings. The van der Waals surface area contributed by atoms with Crippen molar-refractivity contribution in [1.82, 2.24) is 4.98 Å². The molecule has 0 fully saturated rings. The van der Waals surface area contributed by atoms with Crippen molar-refractivity contribution in [1.29, 1.82) is 0 Å². The molecule has 0 bridgehead atoms. The third kappa shape index (κ3) is 2.12. The lowest BCUT2D eigenvalue weighted by molar-refractivity contribution is 1.33. The average Bonchev–Trinajstić information content (AvgIpc) is 2.90. The summed E-state index contributed by atoms with van der Waals surface area (Å²) in [6.07, 6.45) is 3.66. The Labute approximate surface area is 104 Å². The molecule has 0 spiro atoms. The lowest BCUT2D eigenvalue weighted by Crippen LogP contribution is -1.71. The monoisotopic (exact) mass is 237 g/mol. The summed E-state index contributed by atoms with van der Waals surface area (Å²) < 4.78 is 0. The largest absolute Gasteiger partial charge is 0.265 e. The maximum atomic E-state index is 4.04. The fourth-order valence-corrected chi connectivity index (χ4v) is 2.78. The van der Waals surface area contributed by atoms with Gasteiger partial charge in [0.25, 0.3) is 0 Å². The molecule has 2 aromatic heterocycles. The molecule has 1 nitrogen and oxygen atoms in total. The Morgan fingerprint density at radius 2 is 1.24 bits per heavy atom. The highest BCUT2D eigenvalue weighted by atomic mass is 32.1. The first-order chi connectivity index (χ1) is 8.43. The topological polar surface area (TPSA) is 12.9 Å². The van der Waals surface area contributed by atoms with E-state index in [-0.39, 0.29) is 0 Å². The number of pyridine rings is 1. The molecule has 0 saturated carbocycles. The zero-order chi connectivity index (χ0) is 11.5. The number of hydrogen-bond donors (Lipinski definition) is 0. The van der Waals surface area contributed by atoms with Gasteiger partial charge in [-0.3, -0.25) is 4.98 Å². The highest BCUT2D eigenvalue weighted by Gasteiger charge is 2.03. The summed E-state index contributed by atoms with van der Waals surface area (Å²) in [4.78, 5) is 6.63. The van der Waals surface area contributed by atoms with Crippen molar-refractivity contribution < 1.29 is 0 Å². The SMILES string of the molecule is c1ccc(-c2ccc(-c3ccncc3)s2)cc1. The van der Waals surface area contributed by atoms with Gasteiger partial charge in [0, 0.05) is 22.1 Å². The quantitative estimate of drug-likeness (QED) is 0.640. The first-order valence-electron chi connectivity index (χ1n) is 5.49. The molecule has 0 aliphatic rings. The highest BCUT2D eigenvalue weighted by Crippen LogP contribution is 2.33. The zero-order valence-electron chi connectivity index (χ0n) is 9.21. The third-order valence-corrected chi connectivity index (χ3v) is 3.81. The second-order valence-electron chi connectivity index (χ2n) is 3.77. The van der Waals surface area contributed by atoms with Crippen molar-refractivity contribution in [2.75, 3.05) is 0 Å². The molecule has 2 heterocycles. The molecule has 0 N–H and O–H groups in total. The van der Waals surface area contributed by atoms with Gasteiger partial charge in [0.05, 0.1) is 0 Å². The molecular weight excluding hydrogens is 226 g/mol. The highest BCUT2D eigenvalue weighted by molar-refractivity contribution is 7.18. The van der Waals surface area contributed by atoms with E-state index in [1.807, 2.05) is 41.9 Å². The van der Waals surface area contributed by atoms with Gasteiger partial charge in [0.1, 0.15) is 0 Å². The molecule has 0 unspecified atom stereocenters. The Kier molecular flexibility index (Phi) is 2.72. The number of benzene rings is 1. The molecule has 17 heavy (non-hydrogen) atoms. The van der Waals surface area contributed by atoms with E-state index < -0.39 is 0 Å². The first-order valence-corrected chi connectivity index (χ1v) is 6.31. The van der Waals surface area contributed by atoms with Crippen LogP contribution in [-0.2, 0) is 0 Å². The summed E-state index contributed by atoms with van der Waals surface area (Å²) >= 11 is 1.81. The van der Waals surface area contributed by atoms with Crippen LogP contribution >= 0.6 is 11.3 Å². The van der Waals surface area contributed by atoms with Gasteiger partial charge in [-0.1, -0.05) is 30.3 Å². The molecule has 1 aromatic carbocycles. The first kappa shape index (κ1) is 10.2. The second-order valence-corrected chi connectivity index (χ2v) is 4.85. The van der Waals surface area contributed by atoms with E-state index in [1.165, 1.54) is 20.9 Å². The Morgan fingerprint density at radius 1 is 0.647 bits per heavy atom. The van der Waals surface area contributed by atoms with Crippen LogP contribution in [-0.4, -0.2) is 4.98 Å². The summed E-state index contributed by atoms with van der Waals surface area (Å²) in [6.45, 7) is 0. The van der Waals surface area contributed by atoms with Crippen LogP contribution in [0.3, 0.4) is 0 Å². The van der Waals surface area contributed by atoms with Crippen molar-refractivity contribution in [3.05, 3.63) is 67.0 Å². The molecule has 82 valence electrons. The average molecular weight is 237 g/mol. The van der Waals surface area contributed by atoms with Gasteiger partial charge in [-0.2, -0.15) is 0 Å². The van der Waals surface area contributed by atoms with Gasteiger partial charge < -0.3 is 0 Å². The molecule has 2 heteroatoms. The van der Waals surface area contributed by atoms with Crippen LogP contribution in [0.1, 0.15) is 0 Å². The fraction of sp³-hybridized carbons (Fsp3) is 0. The van der Waals surface area contributed by atoms with Gasteiger partial charge in [-0.25, -0.2) is 0 Å². The van der Waals surface area contributed by atoms with E-state index in [4.69, 9.17) is 0 Å². The molecule has 0 aliphatic carbocycles. The minimum Gasteiger partial charge on any atom is -0.265 e. The minimum absolute atomic E-state index is 1.23. The van der Waals surface area contributed by atoms with E-state index in [2.05, 4.69) is 41.4 Å². The summed E-state index contributed by atoms with van der Waals surface area (Å²) in [7, 11) is 0. The standard InChI is InChI=1S/C15H11NS/c1-2-4-12(5-3-1)14-6-7-15(17-14)13-8-10-16-11-9-13/h1-11H. The fourth-order valence-electron chi connectivity index (χ4n) is 1.77. The molecule has 0 saturated heterocycles. The van der Waals surface area contributed by atoms with Crippen LogP contribution in [0.2, 0.25) is 0 Å². The van der Waals surface area contributed by atoms with Crippen LogP contribution in [0.4, 0.5) is 0 Å².